The molecule has 0 bridgehead atoms. The van der Waals surface area contributed by atoms with Crippen LogP contribution in [0.25, 0.3) is 0 Å². The van der Waals surface area contributed by atoms with Gasteiger partial charge in [-0.05, 0) is 49.7 Å². The van der Waals surface area contributed by atoms with E-state index in [1.54, 1.807) is 6.07 Å². The Labute approximate surface area is 151 Å². The van der Waals surface area contributed by atoms with E-state index >= 15 is 0 Å². The number of phenols is 2. The molecule has 4 heteroatoms. The van der Waals surface area contributed by atoms with Crippen LogP contribution >= 0.6 is 0 Å². The van der Waals surface area contributed by atoms with Crippen LogP contribution < -0.4 is 0 Å². The summed E-state index contributed by atoms with van der Waals surface area (Å²) in [6.45, 7) is 0.686. The van der Waals surface area contributed by atoms with E-state index in [1.807, 2.05) is 0 Å². The molecule has 1 aromatic rings. The lowest BCUT2D eigenvalue weighted by Crippen LogP contribution is -2.19. The molecular formula is C21H32O4. The largest absolute Gasteiger partial charge is 0.508 e. The van der Waals surface area contributed by atoms with Crippen molar-refractivity contribution in [3.05, 3.63) is 24.3 Å². The Hall–Kier alpha value is -1.71. The number of hydrogen-bond acceptors (Lipinski definition) is 4. The highest BCUT2D eigenvalue weighted by Crippen LogP contribution is 2.27. The normalized spacial score (nSPS) is 18.9. The number of ether oxygens (including phenoxy) is 1. The predicted molar refractivity (Wildman–Crippen MR) is 98.5 cm³/mol. The van der Waals surface area contributed by atoms with Crippen LogP contribution in [0.15, 0.2) is 24.3 Å². The Balaban J connectivity index is 0.000000236. The second-order valence-corrected chi connectivity index (χ2v) is 7.42. The molecule has 0 amide bonds. The van der Waals surface area contributed by atoms with Gasteiger partial charge in [-0.25, -0.2) is 0 Å². The van der Waals surface area contributed by atoms with Gasteiger partial charge in [0, 0.05) is 12.5 Å². The van der Waals surface area contributed by atoms with Gasteiger partial charge in [0.2, 0.25) is 0 Å². The third kappa shape index (κ3) is 8.28. The standard InChI is InChI=1S/C15H26O2.C6H6O2/c16-15(11-13-7-3-1-4-8-13)17-12-14-9-5-2-6-10-14;7-5-2-1-3-6(8)4-5/h13-14H,1-12H2;1-4,7-8H. The van der Waals surface area contributed by atoms with Crippen molar-refractivity contribution in [1.82, 2.24) is 0 Å². The Morgan fingerprint density at radius 2 is 1.40 bits per heavy atom. The minimum atomic E-state index is 0.0578. The molecule has 0 radical (unpaired) electrons. The molecule has 0 aliphatic heterocycles. The summed E-state index contributed by atoms with van der Waals surface area (Å²) in [7, 11) is 0. The maximum atomic E-state index is 11.7. The molecule has 1 aromatic carbocycles. The first kappa shape index (κ1) is 19.6. The number of phenolic OH excluding ortho intramolecular Hbond substituents is 2. The predicted octanol–water partition coefficient (Wildman–Crippen LogP) is 5.18. The summed E-state index contributed by atoms with van der Waals surface area (Å²) in [6, 6.07) is 5.85. The Kier molecular flexibility index (Phi) is 8.64. The van der Waals surface area contributed by atoms with Gasteiger partial charge >= 0.3 is 5.97 Å². The quantitative estimate of drug-likeness (QED) is 0.736. The lowest BCUT2D eigenvalue weighted by molar-refractivity contribution is -0.146. The molecule has 0 heterocycles. The third-order valence-corrected chi connectivity index (χ3v) is 5.21. The van der Waals surface area contributed by atoms with Crippen molar-refractivity contribution in [2.24, 2.45) is 11.8 Å². The van der Waals surface area contributed by atoms with Crippen LogP contribution in [0.1, 0.15) is 70.6 Å². The molecule has 140 valence electrons. The second kappa shape index (κ2) is 11.0. The molecule has 2 saturated carbocycles. The van der Waals surface area contributed by atoms with Gasteiger partial charge in [0.05, 0.1) is 6.61 Å². The fourth-order valence-electron chi connectivity index (χ4n) is 3.74. The molecular weight excluding hydrogens is 316 g/mol. The number of aromatic hydroxyl groups is 2. The highest BCUT2D eigenvalue weighted by molar-refractivity contribution is 5.69. The maximum absolute atomic E-state index is 11.7. The zero-order chi connectivity index (χ0) is 17.9. The van der Waals surface area contributed by atoms with Gasteiger partial charge in [-0.1, -0.05) is 44.6 Å². The molecule has 0 atom stereocenters. The summed E-state index contributed by atoms with van der Waals surface area (Å²) < 4.78 is 5.45. The number of rotatable bonds is 4. The molecule has 25 heavy (non-hydrogen) atoms. The van der Waals surface area contributed by atoms with Crippen LogP contribution in [0.2, 0.25) is 0 Å². The number of esters is 1. The van der Waals surface area contributed by atoms with Crippen molar-refractivity contribution in [1.29, 1.82) is 0 Å². The van der Waals surface area contributed by atoms with Crippen molar-refractivity contribution >= 4 is 5.97 Å². The van der Waals surface area contributed by atoms with Crippen molar-refractivity contribution < 1.29 is 19.7 Å². The Morgan fingerprint density at radius 3 is 1.88 bits per heavy atom. The highest BCUT2D eigenvalue weighted by atomic mass is 16.5. The van der Waals surface area contributed by atoms with E-state index in [2.05, 4.69) is 0 Å². The Bertz CT molecular complexity index is 485. The summed E-state index contributed by atoms with van der Waals surface area (Å²) in [6.07, 6.45) is 13.6. The first-order valence-corrected chi connectivity index (χ1v) is 9.77. The van der Waals surface area contributed by atoms with Crippen LogP contribution in [0, 0.1) is 11.8 Å². The van der Waals surface area contributed by atoms with Crippen molar-refractivity contribution in [3.63, 3.8) is 0 Å². The summed E-state index contributed by atoms with van der Waals surface area (Å²) in [5, 5.41) is 17.3. The van der Waals surface area contributed by atoms with E-state index in [1.165, 1.54) is 82.4 Å². The minimum absolute atomic E-state index is 0.0578. The number of carbonyl (C=O) groups is 1. The molecule has 0 aromatic heterocycles. The van der Waals surface area contributed by atoms with Crippen LogP contribution in [-0.2, 0) is 9.53 Å². The fourth-order valence-corrected chi connectivity index (χ4v) is 3.74. The van der Waals surface area contributed by atoms with Gasteiger partial charge in [-0.3, -0.25) is 4.79 Å². The number of benzene rings is 1. The third-order valence-electron chi connectivity index (χ3n) is 5.21. The van der Waals surface area contributed by atoms with E-state index in [-0.39, 0.29) is 17.5 Å². The van der Waals surface area contributed by atoms with Crippen molar-refractivity contribution in [2.75, 3.05) is 6.61 Å². The average Bonchev–Trinajstić information content (AvgIpc) is 2.62. The summed E-state index contributed by atoms with van der Waals surface area (Å²) in [4.78, 5) is 11.7. The maximum Gasteiger partial charge on any atom is 0.306 e. The number of carbonyl (C=O) groups excluding carboxylic acids is 1. The average molecular weight is 348 g/mol. The van der Waals surface area contributed by atoms with Gasteiger partial charge in [0.25, 0.3) is 0 Å². The summed E-state index contributed by atoms with van der Waals surface area (Å²) in [5.41, 5.74) is 0. The zero-order valence-electron chi connectivity index (χ0n) is 15.2. The zero-order valence-corrected chi connectivity index (χ0v) is 15.2. The molecule has 0 unspecified atom stereocenters. The van der Waals surface area contributed by atoms with Crippen LogP contribution in [0.4, 0.5) is 0 Å². The van der Waals surface area contributed by atoms with Crippen molar-refractivity contribution in [2.45, 2.75) is 70.6 Å². The molecule has 0 saturated heterocycles. The van der Waals surface area contributed by atoms with Crippen molar-refractivity contribution in [3.8, 4) is 11.5 Å². The second-order valence-electron chi connectivity index (χ2n) is 7.42. The SMILES string of the molecule is O=C(CC1CCCCC1)OCC1CCCCC1.Oc1cccc(O)c1. The van der Waals surface area contributed by atoms with Gasteiger partial charge in [0.15, 0.2) is 0 Å². The lowest BCUT2D eigenvalue weighted by Gasteiger charge is -2.23. The van der Waals surface area contributed by atoms with Gasteiger partial charge < -0.3 is 14.9 Å². The van der Waals surface area contributed by atoms with Gasteiger partial charge in [0.1, 0.15) is 11.5 Å². The van der Waals surface area contributed by atoms with E-state index < -0.39 is 0 Å². The first-order valence-electron chi connectivity index (χ1n) is 9.77. The van der Waals surface area contributed by atoms with E-state index in [0.717, 1.165) is 0 Å². The fraction of sp³-hybridized carbons (Fsp3) is 0.667. The summed E-state index contributed by atoms with van der Waals surface area (Å²) in [5.74, 6) is 1.50. The molecule has 4 nitrogen and oxygen atoms in total. The van der Waals surface area contributed by atoms with Crippen LogP contribution in [-0.4, -0.2) is 22.8 Å². The molecule has 2 aliphatic rings. The smallest absolute Gasteiger partial charge is 0.306 e. The molecule has 2 aliphatic carbocycles. The van der Waals surface area contributed by atoms with Gasteiger partial charge in [-0.15, -0.1) is 0 Å². The molecule has 2 fully saturated rings. The monoisotopic (exact) mass is 348 g/mol. The summed E-state index contributed by atoms with van der Waals surface area (Å²) >= 11 is 0. The van der Waals surface area contributed by atoms with E-state index in [4.69, 9.17) is 14.9 Å². The number of hydrogen-bond donors (Lipinski definition) is 2. The minimum Gasteiger partial charge on any atom is -0.508 e. The topological polar surface area (TPSA) is 66.8 Å². The first-order chi connectivity index (χ1) is 12.1. The van der Waals surface area contributed by atoms with Crippen LogP contribution in [0.5, 0.6) is 11.5 Å². The molecule has 0 spiro atoms. The molecule has 2 N–H and O–H groups in total. The van der Waals surface area contributed by atoms with E-state index in [0.29, 0.717) is 24.9 Å². The van der Waals surface area contributed by atoms with Gasteiger partial charge in [-0.2, -0.15) is 0 Å². The lowest BCUT2D eigenvalue weighted by atomic mass is 9.87. The Morgan fingerprint density at radius 1 is 0.880 bits per heavy atom. The van der Waals surface area contributed by atoms with Crippen LogP contribution in [0.3, 0.4) is 0 Å². The highest BCUT2D eigenvalue weighted by Gasteiger charge is 2.19. The molecule has 3 rings (SSSR count). The van der Waals surface area contributed by atoms with E-state index in [9.17, 15) is 4.79 Å².